The van der Waals surface area contributed by atoms with Crippen LogP contribution in [-0.2, 0) is 4.79 Å². The highest BCUT2D eigenvalue weighted by molar-refractivity contribution is 9.10. The van der Waals surface area contributed by atoms with E-state index in [1.54, 1.807) is 0 Å². The van der Waals surface area contributed by atoms with Crippen molar-refractivity contribution in [1.82, 2.24) is 5.32 Å². The van der Waals surface area contributed by atoms with Crippen LogP contribution in [0, 0.1) is 5.41 Å². The van der Waals surface area contributed by atoms with Crippen LogP contribution < -0.4 is 11.1 Å². The van der Waals surface area contributed by atoms with Crippen molar-refractivity contribution in [2.45, 2.75) is 45.2 Å². The summed E-state index contributed by atoms with van der Waals surface area (Å²) in [5, 5.41) is 3.10. The summed E-state index contributed by atoms with van der Waals surface area (Å²) in [6.07, 6.45) is 2.86. The average molecular weight is 325 g/mol. The molecule has 1 aliphatic carbocycles. The molecule has 1 aromatic carbocycles. The maximum absolute atomic E-state index is 12.4. The SMILES string of the molecule is C[C@H](NC(=O)C1(C)CCCC1N)c1cccc(Br)c1. The highest BCUT2D eigenvalue weighted by Crippen LogP contribution is 2.37. The van der Waals surface area contributed by atoms with Crippen LogP contribution in [0.25, 0.3) is 0 Å². The zero-order valence-corrected chi connectivity index (χ0v) is 13.0. The van der Waals surface area contributed by atoms with Gasteiger partial charge < -0.3 is 11.1 Å². The van der Waals surface area contributed by atoms with Crippen molar-refractivity contribution in [3.63, 3.8) is 0 Å². The van der Waals surface area contributed by atoms with Gasteiger partial charge in [-0.25, -0.2) is 0 Å². The summed E-state index contributed by atoms with van der Waals surface area (Å²) in [4.78, 5) is 12.4. The van der Waals surface area contributed by atoms with Gasteiger partial charge in [-0.05, 0) is 44.4 Å². The highest BCUT2D eigenvalue weighted by atomic mass is 79.9. The summed E-state index contributed by atoms with van der Waals surface area (Å²) in [5.41, 5.74) is 6.76. The van der Waals surface area contributed by atoms with Gasteiger partial charge in [0.25, 0.3) is 0 Å². The van der Waals surface area contributed by atoms with Crippen molar-refractivity contribution >= 4 is 21.8 Å². The summed E-state index contributed by atoms with van der Waals surface area (Å²) in [7, 11) is 0. The fourth-order valence-corrected chi connectivity index (χ4v) is 3.11. The van der Waals surface area contributed by atoms with Gasteiger partial charge in [0.05, 0.1) is 11.5 Å². The average Bonchev–Trinajstić information content (AvgIpc) is 2.71. The Morgan fingerprint density at radius 2 is 2.32 bits per heavy atom. The molecule has 19 heavy (non-hydrogen) atoms. The first kappa shape index (κ1) is 14.5. The molecule has 3 nitrogen and oxygen atoms in total. The molecule has 0 saturated heterocycles. The molecular weight excluding hydrogens is 304 g/mol. The predicted molar refractivity (Wildman–Crippen MR) is 80.6 cm³/mol. The van der Waals surface area contributed by atoms with Gasteiger partial charge in [0.2, 0.25) is 5.91 Å². The molecule has 1 aliphatic rings. The van der Waals surface area contributed by atoms with Crippen LogP contribution in [0.3, 0.4) is 0 Å². The minimum atomic E-state index is -0.416. The van der Waals surface area contributed by atoms with E-state index in [4.69, 9.17) is 5.73 Å². The van der Waals surface area contributed by atoms with Gasteiger partial charge in [-0.1, -0.05) is 34.5 Å². The number of hydrogen-bond acceptors (Lipinski definition) is 2. The van der Waals surface area contributed by atoms with Crippen molar-refractivity contribution < 1.29 is 4.79 Å². The van der Waals surface area contributed by atoms with Gasteiger partial charge >= 0.3 is 0 Å². The molecule has 0 bridgehead atoms. The third-order valence-corrected chi connectivity index (χ3v) is 4.74. The van der Waals surface area contributed by atoms with Crippen LogP contribution in [0.5, 0.6) is 0 Å². The van der Waals surface area contributed by atoms with E-state index in [0.29, 0.717) is 0 Å². The van der Waals surface area contributed by atoms with Gasteiger partial charge in [0.15, 0.2) is 0 Å². The molecule has 0 heterocycles. The number of nitrogens with two attached hydrogens (primary N) is 1. The molecule has 3 N–H and O–H groups in total. The minimum Gasteiger partial charge on any atom is -0.349 e. The first-order valence-electron chi connectivity index (χ1n) is 6.75. The van der Waals surface area contributed by atoms with Crippen molar-refractivity contribution in [2.75, 3.05) is 0 Å². The van der Waals surface area contributed by atoms with Gasteiger partial charge in [-0.3, -0.25) is 4.79 Å². The molecule has 0 aromatic heterocycles. The van der Waals surface area contributed by atoms with Crippen molar-refractivity contribution in [3.8, 4) is 0 Å². The summed E-state index contributed by atoms with van der Waals surface area (Å²) in [5.74, 6) is 0.0741. The van der Waals surface area contributed by atoms with Crippen molar-refractivity contribution in [1.29, 1.82) is 0 Å². The lowest BCUT2D eigenvalue weighted by Gasteiger charge is -2.29. The molecule has 104 valence electrons. The monoisotopic (exact) mass is 324 g/mol. The second-order valence-electron chi connectivity index (χ2n) is 5.67. The molecule has 1 amide bonds. The van der Waals surface area contributed by atoms with Gasteiger partial charge in [0, 0.05) is 10.5 Å². The number of hydrogen-bond donors (Lipinski definition) is 2. The Hall–Kier alpha value is -0.870. The van der Waals surface area contributed by atoms with Crippen molar-refractivity contribution in [2.24, 2.45) is 11.1 Å². The minimum absolute atomic E-state index is 0.00498. The fraction of sp³-hybridized carbons (Fsp3) is 0.533. The van der Waals surface area contributed by atoms with Crippen LogP contribution in [0.1, 0.15) is 44.7 Å². The predicted octanol–water partition coefficient (Wildman–Crippen LogP) is 3.14. The fourth-order valence-electron chi connectivity index (χ4n) is 2.70. The standard InChI is InChI=1S/C15H21BrN2O/c1-10(11-5-3-6-12(16)9-11)18-14(19)15(2)8-4-7-13(15)17/h3,5-6,9-10,13H,4,7-8,17H2,1-2H3,(H,18,19)/t10-,13?,15?/m0/s1. The molecule has 2 unspecified atom stereocenters. The summed E-state index contributed by atoms with van der Waals surface area (Å²) < 4.78 is 1.02. The lowest BCUT2D eigenvalue weighted by Crippen LogP contribution is -2.47. The molecule has 2 rings (SSSR count). The van der Waals surface area contributed by atoms with Crippen LogP contribution >= 0.6 is 15.9 Å². The Morgan fingerprint density at radius 3 is 2.89 bits per heavy atom. The number of rotatable bonds is 3. The Morgan fingerprint density at radius 1 is 1.58 bits per heavy atom. The van der Waals surface area contributed by atoms with E-state index in [1.165, 1.54) is 0 Å². The Balaban J connectivity index is 2.07. The quantitative estimate of drug-likeness (QED) is 0.897. The third kappa shape index (κ3) is 3.00. The Labute approximate surface area is 123 Å². The lowest BCUT2D eigenvalue weighted by molar-refractivity contribution is -0.131. The smallest absolute Gasteiger partial charge is 0.227 e. The molecular formula is C15H21BrN2O. The van der Waals surface area contributed by atoms with Crippen LogP contribution in [0.4, 0.5) is 0 Å². The van der Waals surface area contributed by atoms with Gasteiger partial charge in [-0.2, -0.15) is 0 Å². The Kier molecular flexibility index (Phi) is 4.31. The molecule has 1 aromatic rings. The number of amides is 1. The topological polar surface area (TPSA) is 55.1 Å². The number of nitrogens with one attached hydrogen (secondary N) is 1. The van der Waals surface area contributed by atoms with E-state index < -0.39 is 5.41 Å². The first-order valence-corrected chi connectivity index (χ1v) is 7.55. The molecule has 4 heteroatoms. The number of benzene rings is 1. The van der Waals surface area contributed by atoms with Crippen LogP contribution in [0.2, 0.25) is 0 Å². The van der Waals surface area contributed by atoms with Gasteiger partial charge in [-0.15, -0.1) is 0 Å². The lowest BCUT2D eigenvalue weighted by atomic mass is 9.84. The van der Waals surface area contributed by atoms with E-state index in [-0.39, 0.29) is 18.0 Å². The molecule has 0 radical (unpaired) electrons. The van der Waals surface area contributed by atoms with E-state index >= 15 is 0 Å². The van der Waals surface area contributed by atoms with Gasteiger partial charge in [0.1, 0.15) is 0 Å². The number of halogens is 1. The largest absolute Gasteiger partial charge is 0.349 e. The second kappa shape index (κ2) is 5.63. The summed E-state index contributed by atoms with van der Waals surface area (Å²) in [6, 6.07) is 7.98. The van der Waals surface area contributed by atoms with E-state index in [0.717, 1.165) is 29.3 Å². The van der Waals surface area contributed by atoms with E-state index in [1.807, 2.05) is 38.1 Å². The second-order valence-corrected chi connectivity index (χ2v) is 6.58. The molecule has 0 spiro atoms. The third-order valence-electron chi connectivity index (χ3n) is 4.24. The van der Waals surface area contributed by atoms with E-state index in [2.05, 4.69) is 21.2 Å². The first-order chi connectivity index (χ1) is 8.93. The molecule has 1 saturated carbocycles. The maximum Gasteiger partial charge on any atom is 0.227 e. The van der Waals surface area contributed by atoms with Crippen LogP contribution in [0.15, 0.2) is 28.7 Å². The number of carbonyl (C=O) groups excluding carboxylic acids is 1. The molecule has 3 atom stereocenters. The molecule has 0 aliphatic heterocycles. The maximum atomic E-state index is 12.4. The van der Waals surface area contributed by atoms with Crippen LogP contribution in [-0.4, -0.2) is 11.9 Å². The number of carbonyl (C=O) groups is 1. The summed E-state index contributed by atoms with van der Waals surface area (Å²) >= 11 is 3.45. The molecule has 1 fully saturated rings. The summed E-state index contributed by atoms with van der Waals surface area (Å²) in [6.45, 7) is 3.98. The Bertz CT molecular complexity index is 477. The highest BCUT2D eigenvalue weighted by Gasteiger charge is 2.43. The zero-order chi connectivity index (χ0) is 14.0. The van der Waals surface area contributed by atoms with E-state index in [9.17, 15) is 4.79 Å². The van der Waals surface area contributed by atoms with Crippen molar-refractivity contribution in [3.05, 3.63) is 34.3 Å². The zero-order valence-electron chi connectivity index (χ0n) is 11.4. The normalized spacial score (nSPS) is 28.1.